The number of carboxylic acid groups (broad SMARTS) is 1. The fraction of sp³-hybridized carbons (Fsp3) is 0.949. The second-order valence-corrected chi connectivity index (χ2v) is 14.1. The topological polar surface area (TPSA) is 96.9 Å². The molecule has 7 heteroatoms. The van der Waals surface area contributed by atoms with E-state index in [9.17, 15) is 9.59 Å². The molecule has 0 heterocycles. The number of ether oxygens (including phenoxy) is 2. The van der Waals surface area contributed by atoms with Gasteiger partial charge >= 0.3 is 6.09 Å². The minimum atomic E-state index is -0.982. The molecule has 0 spiro atoms. The van der Waals surface area contributed by atoms with Crippen LogP contribution in [-0.4, -0.2) is 55.6 Å². The third kappa shape index (κ3) is 26.7. The first-order valence-electron chi connectivity index (χ1n) is 20.0. The van der Waals surface area contributed by atoms with E-state index in [2.05, 4.69) is 24.5 Å². The zero-order valence-electron chi connectivity index (χ0n) is 30.4. The Morgan fingerprint density at radius 3 is 1.46 bits per heavy atom. The third-order valence-corrected chi connectivity index (χ3v) is 9.73. The molecule has 1 rings (SSSR count). The molecule has 0 saturated heterocycles. The summed E-state index contributed by atoms with van der Waals surface area (Å²) < 4.78 is 12.3. The van der Waals surface area contributed by atoms with Gasteiger partial charge in [0.25, 0.3) is 0 Å². The van der Waals surface area contributed by atoms with Gasteiger partial charge in [-0.1, -0.05) is 155 Å². The Labute approximate surface area is 284 Å². The van der Waals surface area contributed by atoms with E-state index in [1.54, 1.807) is 0 Å². The molecule has 0 aromatic heterocycles. The summed E-state index contributed by atoms with van der Waals surface area (Å²) in [4.78, 5) is 23.8. The number of rotatable bonds is 33. The average molecular weight is 653 g/mol. The van der Waals surface area contributed by atoms with Crippen LogP contribution in [0.15, 0.2) is 0 Å². The largest absolute Gasteiger partial charge is 0.465 e. The highest BCUT2D eigenvalue weighted by Crippen LogP contribution is 2.24. The van der Waals surface area contributed by atoms with E-state index >= 15 is 0 Å². The number of hydrogen-bond acceptors (Lipinski definition) is 4. The molecule has 272 valence electrons. The van der Waals surface area contributed by atoms with Crippen LogP contribution in [0.25, 0.3) is 0 Å². The molecule has 0 aliphatic heterocycles. The molecule has 0 radical (unpaired) electrons. The summed E-state index contributed by atoms with van der Waals surface area (Å²) in [6.45, 7) is 7.01. The molecule has 0 aromatic rings. The standard InChI is InChI=1S/C39H76N2O5/c1-3-5-7-9-11-13-15-17-19-21-23-25-31-45-34-37(33-40-38(42)35-27-29-36(30-28-35)41-39(43)44)46-32-26-24-22-20-18-16-14-12-10-8-6-4-2/h35-37,41H,3-34H2,1-2H3,(H,40,42)(H,43,44)/t35-,36-,37?. The molecule has 1 aliphatic rings. The van der Waals surface area contributed by atoms with Gasteiger partial charge in [-0.25, -0.2) is 4.79 Å². The number of carbonyl (C=O) groups is 2. The molecule has 1 atom stereocenters. The summed E-state index contributed by atoms with van der Waals surface area (Å²) in [5, 5.41) is 14.6. The lowest BCUT2D eigenvalue weighted by Crippen LogP contribution is -2.43. The quantitative estimate of drug-likeness (QED) is 0.0613. The summed E-state index contributed by atoms with van der Waals surface area (Å²) in [5.74, 6) is 0.0134. The van der Waals surface area contributed by atoms with E-state index in [4.69, 9.17) is 14.6 Å². The van der Waals surface area contributed by atoms with Crippen LogP contribution in [0, 0.1) is 5.92 Å². The van der Waals surface area contributed by atoms with Gasteiger partial charge in [0, 0.05) is 31.7 Å². The molecule has 1 saturated carbocycles. The lowest BCUT2D eigenvalue weighted by molar-refractivity contribution is -0.127. The van der Waals surface area contributed by atoms with Crippen molar-refractivity contribution in [1.82, 2.24) is 10.6 Å². The number of amides is 2. The lowest BCUT2D eigenvalue weighted by Gasteiger charge is -2.28. The SMILES string of the molecule is CCCCCCCCCCCCCCOCC(CNC(=O)[C@H]1CC[C@H](NC(=O)O)CC1)OCCCCCCCCCCCCCC. The van der Waals surface area contributed by atoms with E-state index in [-0.39, 0.29) is 24.0 Å². The van der Waals surface area contributed by atoms with Gasteiger partial charge in [-0.05, 0) is 38.5 Å². The summed E-state index contributed by atoms with van der Waals surface area (Å²) in [7, 11) is 0. The Morgan fingerprint density at radius 1 is 0.609 bits per heavy atom. The fourth-order valence-electron chi connectivity index (χ4n) is 6.65. The van der Waals surface area contributed by atoms with Crippen LogP contribution in [0.5, 0.6) is 0 Å². The van der Waals surface area contributed by atoms with Crippen molar-refractivity contribution >= 4 is 12.0 Å². The van der Waals surface area contributed by atoms with Gasteiger partial charge in [-0.2, -0.15) is 0 Å². The molecule has 3 N–H and O–H groups in total. The summed E-state index contributed by atoms with van der Waals surface area (Å²) in [6.07, 6.45) is 33.6. The molecular formula is C39H76N2O5. The molecule has 2 amide bonds. The predicted molar refractivity (Wildman–Crippen MR) is 193 cm³/mol. The Hall–Kier alpha value is -1.34. The van der Waals surface area contributed by atoms with Crippen molar-refractivity contribution in [3.8, 4) is 0 Å². The van der Waals surface area contributed by atoms with Gasteiger partial charge in [0.2, 0.25) is 5.91 Å². The second kappa shape index (κ2) is 32.2. The number of nitrogens with one attached hydrogen (secondary N) is 2. The molecule has 1 aliphatic carbocycles. The first kappa shape index (κ1) is 42.7. The highest BCUT2D eigenvalue weighted by Gasteiger charge is 2.27. The van der Waals surface area contributed by atoms with Crippen molar-refractivity contribution < 1.29 is 24.2 Å². The van der Waals surface area contributed by atoms with Crippen LogP contribution in [0.4, 0.5) is 4.79 Å². The van der Waals surface area contributed by atoms with Gasteiger partial charge in [-0.15, -0.1) is 0 Å². The van der Waals surface area contributed by atoms with Crippen molar-refractivity contribution in [2.24, 2.45) is 5.92 Å². The zero-order chi connectivity index (χ0) is 33.3. The van der Waals surface area contributed by atoms with E-state index in [1.165, 1.54) is 141 Å². The summed E-state index contributed by atoms with van der Waals surface area (Å²) in [6, 6.07) is -0.0399. The van der Waals surface area contributed by atoms with Crippen LogP contribution < -0.4 is 10.6 Å². The molecule has 0 aromatic carbocycles. The minimum absolute atomic E-state index is 0.0399. The molecule has 1 unspecified atom stereocenters. The van der Waals surface area contributed by atoms with Gasteiger partial charge < -0.3 is 25.2 Å². The highest BCUT2D eigenvalue weighted by molar-refractivity contribution is 5.78. The van der Waals surface area contributed by atoms with E-state index in [1.807, 2.05) is 0 Å². The Kier molecular flexibility index (Phi) is 29.9. The van der Waals surface area contributed by atoms with Crippen molar-refractivity contribution in [1.29, 1.82) is 0 Å². The average Bonchev–Trinajstić information content (AvgIpc) is 3.05. The van der Waals surface area contributed by atoms with Crippen LogP contribution in [0.1, 0.15) is 194 Å². The molecular weight excluding hydrogens is 576 g/mol. The Balaban J connectivity index is 2.21. The highest BCUT2D eigenvalue weighted by atomic mass is 16.5. The van der Waals surface area contributed by atoms with Crippen molar-refractivity contribution in [2.45, 2.75) is 206 Å². The van der Waals surface area contributed by atoms with Gasteiger partial charge in [-0.3, -0.25) is 4.79 Å². The smallest absolute Gasteiger partial charge is 0.404 e. The van der Waals surface area contributed by atoms with Crippen LogP contribution in [0.3, 0.4) is 0 Å². The maximum absolute atomic E-state index is 12.9. The molecule has 0 bridgehead atoms. The third-order valence-electron chi connectivity index (χ3n) is 9.73. The number of unbranched alkanes of at least 4 members (excludes halogenated alkanes) is 22. The normalized spacial score (nSPS) is 17.2. The van der Waals surface area contributed by atoms with E-state index < -0.39 is 6.09 Å². The fourth-order valence-corrected chi connectivity index (χ4v) is 6.65. The monoisotopic (exact) mass is 653 g/mol. The van der Waals surface area contributed by atoms with E-state index in [0.717, 1.165) is 32.3 Å². The number of carbonyl (C=O) groups excluding carboxylic acids is 1. The summed E-state index contributed by atoms with van der Waals surface area (Å²) >= 11 is 0. The van der Waals surface area contributed by atoms with Crippen molar-refractivity contribution in [2.75, 3.05) is 26.4 Å². The molecule has 7 nitrogen and oxygen atoms in total. The second-order valence-electron chi connectivity index (χ2n) is 14.1. The lowest BCUT2D eigenvalue weighted by atomic mass is 9.85. The van der Waals surface area contributed by atoms with Gasteiger partial charge in [0.15, 0.2) is 0 Å². The molecule has 1 fully saturated rings. The maximum atomic E-state index is 12.9. The predicted octanol–water partition coefficient (Wildman–Crippen LogP) is 10.7. The molecule has 46 heavy (non-hydrogen) atoms. The zero-order valence-corrected chi connectivity index (χ0v) is 30.4. The number of hydrogen-bond donors (Lipinski definition) is 3. The van der Waals surface area contributed by atoms with Gasteiger partial charge in [0.05, 0.1) is 12.7 Å². The van der Waals surface area contributed by atoms with E-state index in [0.29, 0.717) is 32.6 Å². The van der Waals surface area contributed by atoms with Crippen LogP contribution in [0.2, 0.25) is 0 Å². The first-order chi connectivity index (χ1) is 22.6. The van der Waals surface area contributed by atoms with Crippen LogP contribution >= 0.6 is 0 Å². The summed E-state index contributed by atoms with van der Waals surface area (Å²) in [5.41, 5.74) is 0. The van der Waals surface area contributed by atoms with Crippen molar-refractivity contribution in [3.63, 3.8) is 0 Å². The Morgan fingerprint density at radius 2 is 1.02 bits per heavy atom. The van der Waals surface area contributed by atoms with Crippen LogP contribution in [-0.2, 0) is 14.3 Å². The van der Waals surface area contributed by atoms with Crippen molar-refractivity contribution in [3.05, 3.63) is 0 Å². The minimum Gasteiger partial charge on any atom is -0.465 e. The first-order valence-corrected chi connectivity index (χ1v) is 20.0. The Bertz CT molecular complexity index is 683. The van der Waals surface area contributed by atoms with Gasteiger partial charge in [0.1, 0.15) is 0 Å². The maximum Gasteiger partial charge on any atom is 0.404 e.